The fourth-order valence-electron chi connectivity index (χ4n) is 3.54. The van der Waals surface area contributed by atoms with Crippen molar-refractivity contribution in [2.45, 2.75) is 63.8 Å². The van der Waals surface area contributed by atoms with Crippen LogP contribution in [-0.4, -0.2) is 49.8 Å². The molecular weight excluding hydrogens is 236 g/mol. The summed E-state index contributed by atoms with van der Waals surface area (Å²) in [5.74, 6) is 0. The predicted molar refractivity (Wildman–Crippen MR) is 80.6 cm³/mol. The summed E-state index contributed by atoms with van der Waals surface area (Å²) >= 11 is 0. The van der Waals surface area contributed by atoms with E-state index in [9.17, 15) is 0 Å². The van der Waals surface area contributed by atoms with Crippen molar-refractivity contribution < 1.29 is 4.74 Å². The van der Waals surface area contributed by atoms with Crippen LogP contribution in [0.4, 0.5) is 0 Å². The molecule has 0 unspecified atom stereocenters. The topological polar surface area (TPSA) is 24.5 Å². The highest BCUT2D eigenvalue weighted by Crippen LogP contribution is 2.31. The molecule has 0 radical (unpaired) electrons. The monoisotopic (exact) mass is 268 g/mol. The summed E-state index contributed by atoms with van der Waals surface area (Å²) in [6, 6.07) is 0. The second kappa shape index (κ2) is 8.23. The highest BCUT2D eigenvalue weighted by Gasteiger charge is 2.35. The SMILES string of the molecule is CCCCOCCCN1CCCNC2(CCCC2)C1. The molecule has 0 amide bonds. The van der Waals surface area contributed by atoms with Gasteiger partial charge in [0.2, 0.25) is 0 Å². The molecule has 1 heterocycles. The van der Waals surface area contributed by atoms with E-state index in [0.29, 0.717) is 5.54 Å². The van der Waals surface area contributed by atoms with Crippen molar-refractivity contribution >= 4 is 0 Å². The van der Waals surface area contributed by atoms with Crippen molar-refractivity contribution in [2.75, 3.05) is 39.4 Å². The molecule has 3 nitrogen and oxygen atoms in total. The standard InChI is InChI=1S/C16H32N2O/c1-2-3-13-19-14-7-12-18-11-6-10-17-16(15-18)8-4-5-9-16/h17H,2-15H2,1H3. The summed E-state index contributed by atoms with van der Waals surface area (Å²) in [5.41, 5.74) is 0.458. The van der Waals surface area contributed by atoms with Gasteiger partial charge in [0, 0.05) is 31.8 Å². The Bertz CT molecular complexity index is 239. The average molecular weight is 268 g/mol. The Morgan fingerprint density at radius 3 is 2.68 bits per heavy atom. The maximum absolute atomic E-state index is 5.67. The van der Waals surface area contributed by atoms with Gasteiger partial charge in [-0.15, -0.1) is 0 Å². The van der Waals surface area contributed by atoms with Crippen LogP contribution < -0.4 is 5.32 Å². The minimum absolute atomic E-state index is 0.458. The van der Waals surface area contributed by atoms with Crippen molar-refractivity contribution in [3.63, 3.8) is 0 Å². The molecule has 0 atom stereocenters. The van der Waals surface area contributed by atoms with Gasteiger partial charge in [-0.1, -0.05) is 26.2 Å². The van der Waals surface area contributed by atoms with Gasteiger partial charge in [0.25, 0.3) is 0 Å². The van der Waals surface area contributed by atoms with Gasteiger partial charge in [-0.25, -0.2) is 0 Å². The minimum atomic E-state index is 0.458. The second-order valence-electron chi connectivity index (χ2n) is 6.36. The zero-order valence-corrected chi connectivity index (χ0v) is 12.8. The molecule has 1 saturated carbocycles. The third kappa shape index (κ3) is 5.05. The van der Waals surface area contributed by atoms with Gasteiger partial charge in [0.05, 0.1) is 0 Å². The zero-order valence-electron chi connectivity index (χ0n) is 12.8. The molecule has 19 heavy (non-hydrogen) atoms. The summed E-state index contributed by atoms with van der Waals surface area (Å²) in [4.78, 5) is 2.68. The van der Waals surface area contributed by atoms with Crippen LogP contribution >= 0.6 is 0 Å². The normalized spacial score (nSPS) is 23.8. The molecule has 112 valence electrons. The maximum atomic E-state index is 5.67. The Morgan fingerprint density at radius 2 is 1.89 bits per heavy atom. The summed E-state index contributed by atoms with van der Waals surface area (Å²) in [6.07, 6.45) is 10.5. The molecule has 2 rings (SSSR count). The van der Waals surface area contributed by atoms with Crippen molar-refractivity contribution in [1.82, 2.24) is 10.2 Å². The largest absolute Gasteiger partial charge is 0.381 e. The van der Waals surface area contributed by atoms with Crippen LogP contribution in [0.15, 0.2) is 0 Å². The smallest absolute Gasteiger partial charge is 0.0478 e. The van der Waals surface area contributed by atoms with Crippen LogP contribution in [0.2, 0.25) is 0 Å². The van der Waals surface area contributed by atoms with Crippen LogP contribution in [0.5, 0.6) is 0 Å². The fourth-order valence-corrected chi connectivity index (χ4v) is 3.54. The molecular formula is C16H32N2O. The van der Waals surface area contributed by atoms with Gasteiger partial charge in [0.1, 0.15) is 0 Å². The lowest BCUT2D eigenvalue weighted by Crippen LogP contribution is -2.49. The van der Waals surface area contributed by atoms with E-state index in [1.165, 1.54) is 77.5 Å². The van der Waals surface area contributed by atoms with Crippen LogP contribution in [0.1, 0.15) is 58.3 Å². The Hall–Kier alpha value is -0.120. The van der Waals surface area contributed by atoms with E-state index < -0.39 is 0 Å². The molecule has 1 spiro atoms. The number of nitrogens with zero attached hydrogens (tertiary/aromatic N) is 1. The molecule has 0 aromatic rings. The van der Waals surface area contributed by atoms with Crippen molar-refractivity contribution in [3.8, 4) is 0 Å². The number of nitrogens with one attached hydrogen (secondary N) is 1. The highest BCUT2D eigenvalue weighted by atomic mass is 16.5. The first kappa shape index (κ1) is 15.3. The molecule has 2 aliphatic rings. The van der Waals surface area contributed by atoms with Gasteiger partial charge >= 0.3 is 0 Å². The van der Waals surface area contributed by atoms with Gasteiger partial charge < -0.3 is 15.0 Å². The molecule has 2 fully saturated rings. The summed E-state index contributed by atoms with van der Waals surface area (Å²) in [6.45, 7) is 9.07. The number of hydrogen-bond donors (Lipinski definition) is 1. The third-order valence-electron chi connectivity index (χ3n) is 4.64. The van der Waals surface area contributed by atoms with Crippen molar-refractivity contribution in [1.29, 1.82) is 0 Å². The Morgan fingerprint density at radius 1 is 1.11 bits per heavy atom. The molecule has 1 aliphatic carbocycles. The lowest BCUT2D eigenvalue weighted by atomic mass is 9.97. The van der Waals surface area contributed by atoms with Gasteiger partial charge in [-0.2, -0.15) is 0 Å². The molecule has 0 aromatic heterocycles. The van der Waals surface area contributed by atoms with Crippen molar-refractivity contribution in [3.05, 3.63) is 0 Å². The van der Waals surface area contributed by atoms with E-state index in [1.54, 1.807) is 0 Å². The number of rotatable bonds is 7. The Labute approximate surface area is 119 Å². The van der Waals surface area contributed by atoms with Gasteiger partial charge in [-0.05, 0) is 45.2 Å². The summed E-state index contributed by atoms with van der Waals surface area (Å²) in [7, 11) is 0. The maximum Gasteiger partial charge on any atom is 0.0478 e. The van der Waals surface area contributed by atoms with Crippen molar-refractivity contribution in [2.24, 2.45) is 0 Å². The van der Waals surface area contributed by atoms with Crippen LogP contribution in [-0.2, 0) is 4.74 Å². The quantitative estimate of drug-likeness (QED) is 0.719. The molecule has 0 bridgehead atoms. The van der Waals surface area contributed by atoms with E-state index in [2.05, 4.69) is 17.1 Å². The highest BCUT2D eigenvalue weighted by molar-refractivity contribution is 4.96. The lowest BCUT2D eigenvalue weighted by molar-refractivity contribution is 0.114. The first-order valence-electron chi connectivity index (χ1n) is 8.40. The second-order valence-corrected chi connectivity index (χ2v) is 6.36. The van der Waals surface area contributed by atoms with E-state index in [4.69, 9.17) is 4.74 Å². The number of ether oxygens (including phenoxy) is 1. The van der Waals surface area contributed by atoms with E-state index in [1.807, 2.05) is 0 Å². The molecule has 1 saturated heterocycles. The predicted octanol–water partition coefficient (Wildman–Crippen LogP) is 2.80. The zero-order chi connectivity index (χ0) is 13.4. The molecule has 1 N–H and O–H groups in total. The fraction of sp³-hybridized carbons (Fsp3) is 1.00. The molecule has 3 heteroatoms. The average Bonchev–Trinajstić information content (AvgIpc) is 2.76. The van der Waals surface area contributed by atoms with Crippen LogP contribution in [0.25, 0.3) is 0 Å². The van der Waals surface area contributed by atoms with Gasteiger partial charge in [0.15, 0.2) is 0 Å². The van der Waals surface area contributed by atoms with Gasteiger partial charge in [-0.3, -0.25) is 0 Å². The summed E-state index contributed by atoms with van der Waals surface area (Å²) < 4.78 is 5.67. The number of hydrogen-bond acceptors (Lipinski definition) is 3. The minimum Gasteiger partial charge on any atom is -0.381 e. The lowest BCUT2D eigenvalue weighted by Gasteiger charge is -2.33. The van der Waals surface area contributed by atoms with Crippen LogP contribution in [0, 0.1) is 0 Å². The van der Waals surface area contributed by atoms with E-state index in [-0.39, 0.29) is 0 Å². The first-order valence-corrected chi connectivity index (χ1v) is 8.40. The van der Waals surface area contributed by atoms with Crippen LogP contribution in [0.3, 0.4) is 0 Å². The van der Waals surface area contributed by atoms with E-state index in [0.717, 1.165) is 13.2 Å². The number of unbranched alkanes of at least 4 members (excludes halogenated alkanes) is 1. The summed E-state index contributed by atoms with van der Waals surface area (Å²) in [5, 5.41) is 3.83. The Balaban J connectivity index is 1.64. The third-order valence-corrected chi connectivity index (χ3v) is 4.64. The Kier molecular flexibility index (Phi) is 6.62. The molecule has 0 aromatic carbocycles. The first-order chi connectivity index (χ1) is 9.35. The van der Waals surface area contributed by atoms with E-state index >= 15 is 0 Å². The molecule has 1 aliphatic heterocycles.